The topological polar surface area (TPSA) is 133 Å². The van der Waals surface area contributed by atoms with Gasteiger partial charge < -0.3 is 25.0 Å². The number of methoxy groups -OCH3 is 1. The number of urea groups is 1. The van der Waals surface area contributed by atoms with Gasteiger partial charge in [0.1, 0.15) is 5.75 Å². The van der Waals surface area contributed by atoms with Crippen LogP contribution >= 0.6 is 0 Å². The second kappa shape index (κ2) is 12.0. The van der Waals surface area contributed by atoms with Crippen LogP contribution in [0, 0.1) is 0 Å². The van der Waals surface area contributed by atoms with Gasteiger partial charge in [-0.1, -0.05) is 0 Å². The normalized spacial score (nSPS) is 15.8. The molecule has 39 heavy (non-hydrogen) atoms. The minimum atomic E-state index is -5.08. The molecule has 0 aliphatic carbocycles. The van der Waals surface area contributed by atoms with E-state index in [1.807, 2.05) is 16.3 Å². The highest BCUT2D eigenvalue weighted by molar-refractivity contribution is 6.04. The van der Waals surface area contributed by atoms with Gasteiger partial charge in [0.05, 0.1) is 18.7 Å². The van der Waals surface area contributed by atoms with E-state index in [4.69, 9.17) is 14.6 Å². The Bertz CT molecular complexity index is 1330. The quantitative estimate of drug-likeness (QED) is 0.506. The first kappa shape index (κ1) is 29.2. The van der Waals surface area contributed by atoms with E-state index < -0.39 is 12.1 Å². The molecule has 0 spiro atoms. The van der Waals surface area contributed by atoms with Gasteiger partial charge in [0.2, 0.25) is 0 Å². The van der Waals surface area contributed by atoms with Crippen molar-refractivity contribution in [2.75, 3.05) is 53.2 Å². The molecule has 1 aliphatic rings. The number of carbonyl (C=O) groups excluding carboxylic acids is 2. The van der Waals surface area contributed by atoms with Gasteiger partial charge in [0.25, 0.3) is 5.91 Å². The number of fused-ring (bicyclic) bond motifs is 1. The number of carbonyl (C=O) groups is 3. The first-order valence-corrected chi connectivity index (χ1v) is 11.6. The summed E-state index contributed by atoms with van der Waals surface area (Å²) in [5.74, 6) is -1.58. The van der Waals surface area contributed by atoms with Crippen LogP contribution in [0.2, 0.25) is 0 Å². The number of hydrogen-bond acceptors (Lipinski definition) is 7. The van der Waals surface area contributed by atoms with Crippen molar-refractivity contribution in [3.63, 3.8) is 0 Å². The monoisotopic (exact) mass is 551 g/mol. The number of carboxylic acid groups (broad SMARTS) is 1. The van der Waals surface area contributed by atoms with E-state index in [0.717, 1.165) is 12.3 Å². The van der Waals surface area contributed by atoms with Crippen LogP contribution in [0.4, 0.5) is 23.7 Å². The Morgan fingerprint density at radius 2 is 1.72 bits per heavy atom. The molecule has 4 rings (SSSR count). The summed E-state index contributed by atoms with van der Waals surface area (Å²) in [6.45, 7) is 1.86. The zero-order chi connectivity index (χ0) is 28.9. The molecule has 1 saturated heterocycles. The lowest BCUT2D eigenvalue weighted by Gasteiger charge is -2.39. The number of aromatic nitrogens is 3. The van der Waals surface area contributed by atoms with Gasteiger partial charge in [-0.05, 0) is 43.4 Å². The fraction of sp³-hybridized carbons (Fsp3) is 0.375. The smallest absolute Gasteiger partial charge is 0.490 e. The molecule has 1 atom stereocenters. The summed E-state index contributed by atoms with van der Waals surface area (Å²) in [6, 6.07) is 10.5. The average molecular weight is 552 g/mol. The summed E-state index contributed by atoms with van der Waals surface area (Å²) in [6.07, 6.45) is -3.34. The SMILES string of the molecule is COc1ccc(NC(=O)c2ccc3nnc(C4CN(C(=O)N(C)C)CCN4C)n3c2)cc1.O=C(O)C(F)(F)F. The maximum Gasteiger partial charge on any atom is 0.490 e. The minimum Gasteiger partial charge on any atom is -0.497 e. The van der Waals surface area contributed by atoms with Crippen molar-refractivity contribution >= 4 is 29.2 Å². The summed E-state index contributed by atoms with van der Waals surface area (Å²) in [5, 5.41) is 18.7. The van der Waals surface area contributed by atoms with Crippen LogP contribution in [0.1, 0.15) is 22.2 Å². The van der Waals surface area contributed by atoms with E-state index >= 15 is 0 Å². The number of likely N-dealkylation sites (N-methyl/N-ethyl adjacent to an activating group) is 1. The predicted molar refractivity (Wildman–Crippen MR) is 134 cm³/mol. The molecule has 1 aromatic carbocycles. The molecular weight excluding hydrogens is 523 g/mol. The lowest BCUT2D eigenvalue weighted by Crippen LogP contribution is -2.52. The molecule has 0 bridgehead atoms. The molecule has 3 heterocycles. The maximum absolute atomic E-state index is 12.8. The van der Waals surface area contributed by atoms with Crippen LogP contribution in [0.3, 0.4) is 0 Å². The summed E-state index contributed by atoms with van der Waals surface area (Å²) in [5.41, 5.74) is 1.80. The second-order valence-corrected chi connectivity index (χ2v) is 8.81. The Kier molecular flexibility index (Phi) is 8.96. The van der Waals surface area contributed by atoms with E-state index in [9.17, 15) is 22.8 Å². The molecule has 1 aliphatic heterocycles. The number of halogens is 3. The fourth-order valence-corrected chi connectivity index (χ4v) is 3.76. The molecular formula is C24H28F3N7O5. The van der Waals surface area contributed by atoms with Crippen molar-refractivity contribution in [3.05, 3.63) is 54.0 Å². The number of piperazine rings is 1. The zero-order valence-electron chi connectivity index (χ0n) is 21.6. The van der Waals surface area contributed by atoms with Crippen molar-refractivity contribution in [2.24, 2.45) is 0 Å². The van der Waals surface area contributed by atoms with Crippen LogP contribution in [0.25, 0.3) is 5.65 Å². The van der Waals surface area contributed by atoms with E-state index in [0.29, 0.717) is 35.8 Å². The standard InChI is InChI=1S/C22H27N7O3.C2HF3O2/c1-26(2)22(31)28-12-11-27(3)18(14-28)20-25-24-19-10-5-15(13-29(19)20)21(30)23-16-6-8-17(32-4)9-7-16;3-2(4,5)1(6)7/h5-10,13,18H,11-12,14H2,1-4H3,(H,23,30);(H,6,7). The van der Waals surface area contributed by atoms with Crippen LogP contribution < -0.4 is 10.1 Å². The number of ether oxygens (including phenoxy) is 1. The number of rotatable bonds is 4. The number of amides is 3. The maximum atomic E-state index is 12.8. The van der Waals surface area contributed by atoms with Crippen molar-refractivity contribution in [1.82, 2.24) is 29.3 Å². The van der Waals surface area contributed by atoms with Gasteiger partial charge in [-0.15, -0.1) is 10.2 Å². The molecule has 3 amide bonds. The van der Waals surface area contributed by atoms with Gasteiger partial charge in [0, 0.05) is 45.6 Å². The second-order valence-electron chi connectivity index (χ2n) is 8.81. The third-order valence-electron chi connectivity index (χ3n) is 5.88. The van der Waals surface area contributed by atoms with Crippen LogP contribution in [0.15, 0.2) is 42.6 Å². The molecule has 1 unspecified atom stereocenters. The molecule has 15 heteroatoms. The Labute approximate surface area is 221 Å². The van der Waals surface area contributed by atoms with Gasteiger partial charge >= 0.3 is 18.2 Å². The fourth-order valence-electron chi connectivity index (χ4n) is 3.76. The number of nitrogens with one attached hydrogen (secondary N) is 1. The number of nitrogens with zero attached hydrogens (tertiary/aromatic N) is 6. The van der Waals surface area contributed by atoms with Gasteiger partial charge in [-0.2, -0.15) is 13.2 Å². The predicted octanol–water partition coefficient (Wildman–Crippen LogP) is 2.59. The van der Waals surface area contributed by atoms with Gasteiger partial charge in [-0.3, -0.25) is 14.1 Å². The van der Waals surface area contributed by atoms with E-state index in [-0.39, 0.29) is 18.0 Å². The van der Waals surface area contributed by atoms with Gasteiger partial charge in [0.15, 0.2) is 11.5 Å². The Balaban J connectivity index is 0.000000532. The van der Waals surface area contributed by atoms with Crippen molar-refractivity contribution < 1.29 is 37.4 Å². The lowest BCUT2D eigenvalue weighted by atomic mass is 10.1. The molecule has 12 nitrogen and oxygen atoms in total. The first-order chi connectivity index (χ1) is 18.3. The van der Waals surface area contributed by atoms with Crippen molar-refractivity contribution in [2.45, 2.75) is 12.2 Å². The van der Waals surface area contributed by atoms with Crippen molar-refractivity contribution in [3.8, 4) is 5.75 Å². The van der Waals surface area contributed by atoms with E-state index in [1.54, 1.807) is 68.7 Å². The molecule has 0 saturated carbocycles. The Hall–Kier alpha value is -4.40. The third kappa shape index (κ3) is 7.13. The van der Waals surface area contributed by atoms with E-state index in [2.05, 4.69) is 20.4 Å². The highest BCUT2D eigenvalue weighted by Crippen LogP contribution is 2.24. The minimum absolute atomic E-state index is 0.0310. The number of hydrogen-bond donors (Lipinski definition) is 2. The summed E-state index contributed by atoms with van der Waals surface area (Å²) in [7, 11) is 7.09. The summed E-state index contributed by atoms with van der Waals surface area (Å²) in [4.78, 5) is 39.7. The molecule has 2 N–H and O–H groups in total. The molecule has 2 aromatic heterocycles. The summed E-state index contributed by atoms with van der Waals surface area (Å²) < 4.78 is 38.7. The van der Waals surface area contributed by atoms with Crippen LogP contribution in [-0.2, 0) is 4.79 Å². The highest BCUT2D eigenvalue weighted by atomic mass is 19.4. The van der Waals surface area contributed by atoms with Crippen LogP contribution in [0.5, 0.6) is 5.75 Å². The number of aliphatic carboxylic acids is 1. The molecule has 3 aromatic rings. The molecule has 1 fully saturated rings. The Morgan fingerprint density at radius 1 is 1.08 bits per heavy atom. The first-order valence-electron chi connectivity index (χ1n) is 11.6. The largest absolute Gasteiger partial charge is 0.497 e. The van der Waals surface area contributed by atoms with E-state index in [1.165, 1.54) is 0 Å². The molecule has 210 valence electrons. The van der Waals surface area contributed by atoms with Gasteiger partial charge in [-0.25, -0.2) is 9.59 Å². The average Bonchev–Trinajstić information content (AvgIpc) is 3.32. The number of benzene rings is 1. The molecule has 0 radical (unpaired) electrons. The Morgan fingerprint density at radius 3 is 2.28 bits per heavy atom. The third-order valence-corrected chi connectivity index (χ3v) is 5.88. The van der Waals surface area contributed by atoms with Crippen molar-refractivity contribution in [1.29, 1.82) is 0 Å². The summed E-state index contributed by atoms with van der Waals surface area (Å²) >= 11 is 0. The highest BCUT2D eigenvalue weighted by Gasteiger charge is 2.38. The number of pyridine rings is 1. The number of anilines is 1. The number of carboxylic acids is 1. The van der Waals surface area contributed by atoms with Crippen LogP contribution in [-0.4, -0.2) is 106 Å². The zero-order valence-corrected chi connectivity index (χ0v) is 21.6. The lowest BCUT2D eigenvalue weighted by molar-refractivity contribution is -0.192. The number of alkyl halides is 3.